The Hall–Kier alpha value is -2.83. The van der Waals surface area contributed by atoms with E-state index in [1.165, 1.54) is 5.56 Å². The number of nitrogens with one attached hydrogen (secondary N) is 1. The van der Waals surface area contributed by atoms with Crippen LogP contribution in [0.25, 0.3) is 0 Å². The molecule has 30 heavy (non-hydrogen) atoms. The average molecular weight is 414 g/mol. The smallest absolute Gasteiger partial charge is 0.306 e. The van der Waals surface area contributed by atoms with Gasteiger partial charge in [-0.1, -0.05) is 12.6 Å². The fraction of sp³-hybridized carbons (Fsp3) is 0.522. The number of nitrogens with zero attached hydrogens (tertiary/aromatic N) is 2. The quantitative estimate of drug-likeness (QED) is 0.438. The summed E-state index contributed by atoms with van der Waals surface area (Å²) in [6.45, 7) is 9.77. The Morgan fingerprint density at radius 2 is 1.97 bits per heavy atom. The lowest BCUT2D eigenvalue weighted by Gasteiger charge is -2.32. The van der Waals surface area contributed by atoms with Gasteiger partial charge >= 0.3 is 5.97 Å². The van der Waals surface area contributed by atoms with Gasteiger partial charge in [0.2, 0.25) is 11.8 Å². The maximum Gasteiger partial charge on any atom is 0.306 e. The molecule has 0 aliphatic carbocycles. The molecule has 2 heterocycles. The number of anilines is 2. The third-order valence-electron chi connectivity index (χ3n) is 5.36. The number of ether oxygens (including phenoxy) is 1. The van der Waals surface area contributed by atoms with Crippen LogP contribution in [0.15, 0.2) is 30.6 Å². The molecule has 0 aromatic heterocycles. The van der Waals surface area contributed by atoms with Crippen LogP contribution in [0, 0.1) is 0 Å². The zero-order valence-corrected chi connectivity index (χ0v) is 18.3. The molecule has 1 aromatic rings. The van der Waals surface area contributed by atoms with E-state index in [-0.39, 0.29) is 17.8 Å². The van der Waals surface area contributed by atoms with Gasteiger partial charge in [-0.15, -0.1) is 0 Å². The van der Waals surface area contributed by atoms with Crippen molar-refractivity contribution in [2.75, 3.05) is 16.8 Å². The molecule has 2 amide bonds. The van der Waals surface area contributed by atoms with Crippen LogP contribution in [-0.4, -0.2) is 36.5 Å². The highest BCUT2D eigenvalue weighted by Crippen LogP contribution is 2.43. The Bertz CT molecular complexity index is 872. The Morgan fingerprint density at radius 1 is 1.23 bits per heavy atom. The maximum absolute atomic E-state index is 12.4. The summed E-state index contributed by atoms with van der Waals surface area (Å²) in [6, 6.07) is 5.74. The molecule has 1 unspecified atom stereocenters. The Labute approximate surface area is 178 Å². The summed E-state index contributed by atoms with van der Waals surface area (Å²) >= 11 is 0. The fourth-order valence-corrected chi connectivity index (χ4v) is 3.90. The van der Waals surface area contributed by atoms with Gasteiger partial charge in [0.1, 0.15) is 17.5 Å². The molecule has 0 bridgehead atoms. The molecule has 1 saturated heterocycles. The number of imide groups is 1. The number of benzene rings is 1. The fourth-order valence-electron chi connectivity index (χ4n) is 3.90. The van der Waals surface area contributed by atoms with Gasteiger partial charge in [0.25, 0.3) is 0 Å². The number of hydrogen-bond acceptors (Lipinski definition) is 6. The third kappa shape index (κ3) is 4.83. The van der Waals surface area contributed by atoms with Crippen molar-refractivity contribution < 1.29 is 19.1 Å². The standard InChI is InChI=1S/C23H31N3O4/c1-15-25(5)19-14-16(8-6-7-9-21(28)30-23(2,3)4)10-11-17(19)26(15)18-12-13-20(27)24-22(18)29/h10-11,14,18H,1,6-9,12-13H2,2-5H3,(H,24,27,29). The van der Waals surface area contributed by atoms with Crippen molar-refractivity contribution >= 4 is 29.2 Å². The Morgan fingerprint density at radius 3 is 2.63 bits per heavy atom. The number of carbonyl (C=O) groups is 3. The van der Waals surface area contributed by atoms with Gasteiger partial charge in [-0.05, 0) is 64.2 Å². The second-order valence-electron chi connectivity index (χ2n) is 8.93. The van der Waals surface area contributed by atoms with Gasteiger partial charge in [0.05, 0.1) is 11.4 Å². The van der Waals surface area contributed by atoms with Crippen LogP contribution < -0.4 is 15.1 Å². The molecule has 0 saturated carbocycles. The first-order valence-electron chi connectivity index (χ1n) is 10.5. The summed E-state index contributed by atoms with van der Waals surface area (Å²) in [5.74, 6) is 0.0604. The second-order valence-corrected chi connectivity index (χ2v) is 8.93. The molecule has 2 aliphatic heterocycles. The van der Waals surface area contributed by atoms with E-state index in [0.717, 1.165) is 36.5 Å². The van der Waals surface area contributed by atoms with Gasteiger partial charge in [-0.2, -0.15) is 0 Å². The number of rotatable bonds is 6. The minimum Gasteiger partial charge on any atom is -0.460 e. The molecule has 7 nitrogen and oxygen atoms in total. The number of aryl methyl sites for hydroxylation is 1. The molecule has 0 radical (unpaired) electrons. The van der Waals surface area contributed by atoms with E-state index >= 15 is 0 Å². The van der Waals surface area contributed by atoms with Crippen LogP contribution in [0.4, 0.5) is 11.4 Å². The van der Waals surface area contributed by atoms with E-state index in [1.807, 2.05) is 43.7 Å². The zero-order valence-electron chi connectivity index (χ0n) is 18.3. The molecule has 1 aromatic carbocycles. The summed E-state index contributed by atoms with van der Waals surface area (Å²) < 4.78 is 5.35. The first kappa shape index (κ1) is 21.9. The Kier molecular flexibility index (Phi) is 6.19. The summed E-state index contributed by atoms with van der Waals surface area (Å²) in [5.41, 5.74) is 2.64. The maximum atomic E-state index is 12.4. The van der Waals surface area contributed by atoms with Gasteiger partial charge in [-0.3, -0.25) is 19.7 Å². The first-order chi connectivity index (χ1) is 14.1. The van der Waals surface area contributed by atoms with Crippen molar-refractivity contribution in [3.63, 3.8) is 0 Å². The van der Waals surface area contributed by atoms with Crippen LogP contribution >= 0.6 is 0 Å². The molecular formula is C23H31N3O4. The topological polar surface area (TPSA) is 79.0 Å². The number of piperidine rings is 1. The molecule has 0 spiro atoms. The number of hydrogen-bond donors (Lipinski definition) is 1. The lowest BCUT2D eigenvalue weighted by Crippen LogP contribution is -2.52. The molecule has 162 valence electrons. The molecule has 1 atom stereocenters. The van der Waals surface area contributed by atoms with Gasteiger partial charge in [0, 0.05) is 19.9 Å². The lowest BCUT2D eigenvalue weighted by molar-refractivity contribution is -0.155. The van der Waals surface area contributed by atoms with Crippen molar-refractivity contribution in [2.45, 2.75) is 70.9 Å². The normalized spacial score (nSPS) is 19.1. The highest BCUT2D eigenvalue weighted by Gasteiger charge is 2.39. The van der Waals surface area contributed by atoms with Gasteiger partial charge in [-0.25, -0.2) is 0 Å². The van der Waals surface area contributed by atoms with Crippen LogP contribution in [-0.2, 0) is 25.5 Å². The summed E-state index contributed by atoms with van der Waals surface area (Å²) in [7, 11) is 1.93. The summed E-state index contributed by atoms with van der Waals surface area (Å²) in [4.78, 5) is 39.6. The van der Waals surface area contributed by atoms with E-state index in [4.69, 9.17) is 4.74 Å². The van der Waals surface area contributed by atoms with E-state index < -0.39 is 11.6 Å². The van der Waals surface area contributed by atoms with E-state index in [0.29, 0.717) is 19.3 Å². The van der Waals surface area contributed by atoms with E-state index in [9.17, 15) is 14.4 Å². The second kappa shape index (κ2) is 8.50. The minimum absolute atomic E-state index is 0.160. The van der Waals surface area contributed by atoms with Gasteiger partial charge < -0.3 is 14.5 Å². The summed E-state index contributed by atoms with van der Waals surface area (Å²) in [5, 5.41) is 2.42. The predicted octanol–water partition coefficient (Wildman–Crippen LogP) is 3.27. The van der Waals surface area contributed by atoms with Crippen LogP contribution in [0.2, 0.25) is 0 Å². The van der Waals surface area contributed by atoms with Crippen molar-refractivity contribution in [1.82, 2.24) is 5.32 Å². The summed E-state index contributed by atoms with van der Waals surface area (Å²) in [6.07, 6.45) is 3.74. The third-order valence-corrected chi connectivity index (χ3v) is 5.36. The average Bonchev–Trinajstić information content (AvgIpc) is 2.88. The highest BCUT2D eigenvalue weighted by molar-refractivity contribution is 6.03. The predicted molar refractivity (Wildman–Crippen MR) is 116 cm³/mol. The van der Waals surface area contributed by atoms with Crippen LogP contribution in [0.5, 0.6) is 0 Å². The number of unbranched alkanes of at least 4 members (excludes halogenated alkanes) is 1. The first-order valence-corrected chi connectivity index (χ1v) is 10.5. The minimum atomic E-state index is -0.446. The van der Waals surface area contributed by atoms with Crippen LogP contribution in [0.1, 0.15) is 58.4 Å². The van der Waals surface area contributed by atoms with Crippen molar-refractivity contribution in [3.8, 4) is 0 Å². The largest absolute Gasteiger partial charge is 0.460 e. The number of amides is 2. The molecular weight excluding hydrogens is 382 g/mol. The molecule has 3 rings (SSSR count). The molecule has 1 fully saturated rings. The van der Waals surface area contributed by atoms with Gasteiger partial charge in [0.15, 0.2) is 0 Å². The number of fused-ring (bicyclic) bond motifs is 1. The molecule has 2 aliphatic rings. The molecule has 1 N–H and O–H groups in total. The van der Waals surface area contributed by atoms with Crippen molar-refractivity contribution in [2.24, 2.45) is 0 Å². The number of esters is 1. The number of carbonyl (C=O) groups excluding carboxylic acids is 3. The Balaban J connectivity index is 1.63. The SMILES string of the molecule is C=C1N(C)c2cc(CCCCC(=O)OC(C)(C)C)ccc2N1C1CCC(=O)NC1=O. The van der Waals surface area contributed by atoms with Crippen molar-refractivity contribution in [1.29, 1.82) is 0 Å². The molecule has 7 heteroatoms. The monoisotopic (exact) mass is 413 g/mol. The zero-order chi connectivity index (χ0) is 22.1. The van der Waals surface area contributed by atoms with Crippen molar-refractivity contribution in [3.05, 3.63) is 36.2 Å². The van der Waals surface area contributed by atoms with Crippen LogP contribution in [0.3, 0.4) is 0 Å². The lowest BCUT2D eigenvalue weighted by atomic mass is 10.0. The van der Waals surface area contributed by atoms with E-state index in [2.05, 4.69) is 24.0 Å². The van der Waals surface area contributed by atoms with E-state index in [1.54, 1.807) is 0 Å². The highest BCUT2D eigenvalue weighted by atomic mass is 16.6.